The summed E-state index contributed by atoms with van der Waals surface area (Å²) in [5.41, 5.74) is 0. The Hall–Kier alpha value is -1.63. The maximum Gasteiger partial charge on any atom is 0.321 e. The molecule has 0 heterocycles. The Labute approximate surface area is 106 Å². The average molecular weight is 256 g/mol. The number of urea groups is 1. The predicted molar refractivity (Wildman–Crippen MR) is 65.8 cm³/mol. The Balaban J connectivity index is 2.11. The molecule has 0 aliphatic heterocycles. The van der Waals surface area contributed by atoms with Gasteiger partial charge in [0.15, 0.2) is 0 Å². The smallest absolute Gasteiger partial charge is 0.321 e. The highest BCUT2D eigenvalue weighted by Crippen LogP contribution is 2.18. The number of amides is 4. The van der Waals surface area contributed by atoms with E-state index >= 15 is 0 Å². The van der Waals surface area contributed by atoms with Crippen molar-refractivity contribution in [3.8, 4) is 0 Å². The average Bonchev–Trinajstić information content (AvgIpc) is 3.12. The van der Waals surface area contributed by atoms with Crippen LogP contribution in [0.5, 0.6) is 0 Å². The van der Waals surface area contributed by atoms with Gasteiger partial charge in [0.05, 0.1) is 6.04 Å². The Kier molecular flexibility index (Phi) is 5.57. The van der Waals surface area contributed by atoms with Crippen LogP contribution in [0.3, 0.4) is 0 Å². The molecule has 0 aromatic rings. The fraction of sp³-hybridized carbons (Fsp3) is 0.727. The van der Waals surface area contributed by atoms with Crippen LogP contribution >= 0.6 is 0 Å². The minimum Gasteiger partial charge on any atom is -0.353 e. The van der Waals surface area contributed by atoms with Crippen LogP contribution in [0.2, 0.25) is 0 Å². The summed E-state index contributed by atoms with van der Waals surface area (Å²) in [6, 6.07) is -0.706. The largest absolute Gasteiger partial charge is 0.353 e. The van der Waals surface area contributed by atoms with Crippen molar-refractivity contribution in [2.75, 3.05) is 13.6 Å². The minimum atomic E-state index is -0.542. The first-order valence-corrected chi connectivity index (χ1v) is 6.08. The highest BCUT2D eigenvalue weighted by atomic mass is 16.2. The van der Waals surface area contributed by atoms with Gasteiger partial charge < -0.3 is 16.0 Å². The molecule has 102 valence electrons. The molecule has 1 unspecified atom stereocenters. The molecule has 0 saturated heterocycles. The van der Waals surface area contributed by atoms with E-state index in [2.05, 4.69) is 21.3 Å². The molecular formula is C11H20N4O3. The van der Waals surface area contributed by atoms with Gasteiger partial charge in [-0.2, -0.15) is 0 Å². The second-order valence-electron chi connectivity index (χ2n) is 4.34. The van der Waals surface area contributed by atoms with E-state index in [1.54, 1.807) is 6.92 Å². The third-order valence-electron chi connectivity index (χ3n) is 2.60. The van der Waals surface area contributed by atoms with Crippen molar-refractivity contribution in [1.29, 1.82) is 0 Å². The number of carbonyl (C=O) groups excluding carboxylic acids is 3. The molecule has 1 rings (SSSR count). The molecule has 0 aromatic heterocycles. The summed E-state index contributed by atoms with van der Waals surface area (Å²) in [4.78, 5) is 33.7. The summed E-state index contributed by atoms with van der Waals surface area (Å²) in [5, 5.41) is 10.2. The van der Waals surface area contributed by atoms with Crippen molar-refractivity contribution in [2.45, 2.75) is 38.3 Å². The first-order valence-electron chi connectivity index (χ1n) is 6.08. The second-order valence-corrected chi connectivity index (χ2v) is 4.34. The van der Waals surface area contributed by atoms with E-state index < -0.39 is 18.0 Å². The van der Waals surface area contributed by atoms with Crippen LogP contribution < -0.4 is 21.3 Å². The monoisotopic (exact) mass is 256 g/mol. The maximum absolute atomic E-state index is 11.4. The number of carbonyl (C=O) groups is 3. The van der Waals surface area contributed by atoms with E-state index in [0.717, 1.165) is 12.8 Å². The van der Waals surface area contributed by atoms with Crippen LogP contribution in [0.1, 0.15) is 26.2 Å². The van der Waals surface area contributed by atoms with Crippen molar-refractivity contribution in [3.63, 3.8) is 0 Å². The van der Waals surface area contributed by atoms with Crippen LogP contribution in [0.25, 0.3) is 0 Å². The van der Waals surface area contributed by atoms with E-state index in [-0.39, 0.29) is 5.91 Å². The third kappa shape index (κ3) is 5.62. The molecule has 7 heteroatoms. The van der Waals surface area contributed by atoms with E-state index in [1.165, 1.54) is 7.05 Å². The lowest BCUT2D eigenvalue weighted by atomic mass is 10.3. The lowest BCUT2D eigenvalue weighted by molar-refractivity contribution is -0.123. The van der Waals surface area contributed by atoms with Gasteiger partial charge in [0.25, 0.3) is 0 Å². The zero-order valence-electron chi connectivity index (χ0n) is 10.7. The van der Waals surface area contributed by atoms with Gasteiger partial charge in [-0.05, 0) is 19.8 Å². The first-order chi connectivity index (χ1) is 8.52. The molecular weight excluding hydrogens is 236 g/mol. The number of imide groups is 1. The summed E-state index contributed by atoms with van der Waals surface area (Å²) in [6.07, 6.45) is 2.45. The van der Waals surface area contributed by atoms with Gasteiger partial charge >= 0.3 is 6.03 Å². The van der Waals surface area contributed by atoms with Crippen molar-refractivity contribution in [3.05, 3.63) is 0 Å². The van der Waals surface area contributed by atoms with Gasteiger partial charge in [-0.3, -0.25) is 14.9 Å². The SMILES string of the molecule is CNC(=O)NC(=O)C(C)NCCC(=O)NC1CC1. The Morgan fingerprint density at radius 3 is 2.50 bits per heavy atom. The van der Waals surface area contributed by atoms with Gasteiger partial charge in [0, 0.05) is 26.1 Å². The number of nitrogens with one attached hydrogen (secondary N) is 4. The van der Waals surface area contributed by atoms with E-state index in [1.807, 2.05) is 0 Å². The van der Waals surface area contributed by atoms with Crippen molar-refractivity contribution in [2.24, 2.45) is 0 Å². The van der Waals surface area contributed by atoms with E-state index in [4.69, 9.17) is 0 Å². The molecule has 1 fully saturated rings. The van der Waals surface area contributed by atoms with Crippen LogP contribution in [0.15, 0.2) is 0 Å². The van der Waals surface area contributed by atoms with Crippen molar-refractivity contribution < 1.29 is 14.4 Å². The summed E-state index contributed by atoms with van der Waals surface area (Å²) < 4.78 is 0. The van der Waals surface area contributed by atoms with Gasteiger partial charge in [0.1, 0.15) is 0 Å². The number of hydrogen-bond donors (Lipinski definition) is 4. The molecule has 4 amide bonds. The Bertz CT molecular complexity index is 328. The van der Waals surface area contributed by atoms with E-state index in [9.17, 15) is 14.4 Å². The fourth-order valence-corrected chi connectivity index (χ4v) is 1.31. The lowest BCUT2D eigenvalue weighted by Gasteiger charge is -2.13. The Morgan fingerprint density at radius 2 is 1.94 bits per heavy atom. The van der Waals surface area contributed by atoms with Crippen LogP contribution in [0.4, 0.5) is 4.79 Å². The molecule has 1 aliphatic carbocycles. The summed E-state index contributed by atoms with van der Waals surface area (Å²) in [7, 11) is 1.43. The van der Waals surface area contributed by atoms with Crippen molar-refractivity contribution in [1.82, 2.24) is 21.3 Å². The normalized spacial score (nSPS) is 15.7. The molecule has 7 nitrogen and oxygen atoms in total. The number of rotatable bonds is 6. The topological polar surface area (TPSA) is 99.3 Å². The maximum atomic E-state index is 11.4. The molecule has 0 bridgehead atoms. The second kappa shape index (κ2) is 6.95. The highest BCUT2D eigenvalue weighted by molar-refractivity contribution is 5.96. The van der Waals surface area contributed by atoms with Gasteiger partial charge in [0.2, 0.25) is 11.8 Å². The molecule has 1 saturated carbocycles. The molecule has 1 aliphatic rings. The van der Waals surface area contributed by atoms with Crippen LogP contribution in [-0.4, -0.2) is 43.5 Å². The summed E-state index contributed by atoms with van der Waals surface area (Å²) in [5.74, 6) is -0.430. The van der Waals surface area contributed by atoms with Crippen molar-refractivity contribution >= 4 is 17.8 Å². The van der Waals surface area contributed by atoms with E-state index in [0.29, 0.717) is 19.0 Å². The zero-order chi connectivity index (χ0) is 13.5. The minimum absolute atomic E-state index is 0.0103. The predicted octanol–water partition coefficient (Wildman–Crippen LogP) is -0.911. The lowest BCUT2D eigenvalue weighted by Crippen LogP contribution is -2.47. The zero-order valence-corrected chi connectivity index (χ0v) is 10.7. The summed E-state index contributed by atoms with van der Waals surface area (Å²) in [6.45, 7) is 2.04. The summed E-state index contributed by atoms with van der Waals surface area (Å²) >= 11 is 0. The standard InChI is InChI=1S/C11H20N4O3/c1-7(10(17)15-11(18)12-2)13-6-5-9(16)14-8-3-4-8/h7-8,13H,3-6H2,1-2H3,(H,14,16)(H2,12,15,17,18). The molecule has 18 heavy (non-hydrogen) atoms. The Morgan fingerprint density at radius 1 is 1.28 bits per heavy atom. The fourth-order valence-electron chi connectivity index (χ4n) is 1.31. The quantitative estimate of drug-likeness (QED) is 0.494. The van der Waals surface area contributed by atoms with Gasteiger partial charge in [-0.25, -0.2) is 4.79 Å². The number of hydrogen-bond acceptors (Lipinski definition) is 4. The van der Waals surface area contributed by atoms with Gasteiger partial charge in [-0.15, -0.1) is 0 Å². The van der Waals surface area contributed by atoms with Crippen LogP contribution in [-0.2, 0) is 9.59 Å². The molecule has 0 spiro atoms. The first kappa shape index (κ1) is 14.4. The highest BCUT2D eigenvalue weighted by Gasteiger charge is 2.23. The third-order valence-corrected chi connectivity index (χ3v) is 2.60. The molecule has 0 aromatic carbocycles. The molecule has 1 atom stereocenters. The van der Waals surface area contributed by atoms with Crippen LogP contribution in [0, 0.1) is 0 Å². The van der Waals surface area contributed by atoms with Gasteiger partial charge in [-0.1, -0.05) is 0 Å². The molecule has 4 N–H and O–H groups in total. The molecule has 0 radical (unpaired) electrons.